The Labute approximate surface area is 208 Å². The molecule has 0 aliphatic carbocycles. The van der Waals surface area contributed by atoms with E-state index in [4.69, 9.17) is 9.72 Å². The molecule has 5 aromatic rings. The molecule has 0 spiro atoms. The van der Waals surface area contributed by atoms with E-state index in [0.717, 1.165) is 76.2 Å². The summed E-state index contributed by atoms with van der Waals surface area (Å²) in [6, 6.07) is 18.5. The van der Waals surface area contributed by atoms with Gasteiger partial charge in [-0.25, -0.2) is 4.98 Å². The molecule has 0 atom stereocenters. The predicted octanol–water partition coefficient (Wildman–Crippen LogP) is 3.84. The molecule has 1 amide bonds. The van der Waals surface area contributed by atoms with E-state index in [2.05, 4.69) is 55.6 Å². The first-order chi connectivity index (χ1) is 17.6. The van der Waals surface area contributed by atoms with E-state index in [9.17, 15) is 4.79 Å². The molecule has 1 saturated heterocycles. The molecule has 0 bridgehead atoms. The Bertz CT molecular complexity index is 1560. The van der Waals surface area contributed by atoms with E-state index >= 15 is 0 Å². The van der Waals surface area contributed by atoms with E-state index in [0.29, 0.717) is 12.4 Å². The van der Waals surface area contributed by atoms with Crippen molar-refractivity contribution < 1.29 is 9.53 Å². The smallest absolute Gasteiger partial charge is 0.219 e. The quantitative estimate of drug-likeness (QED) is 0.395. The number of carbonyl (C=O) groups is 1. The number of H-pyrrole nitrogens is 2. The van der Waals surface area contributed by atoms with Crippen LogP contribution in [0.1, 0.15) is 12.7 Å². The molecule has 1 aliphatic heterocycles. The first kappa shape index (κ1) is 22.2. The average Bonchev–Trinajstić information content (AvgIpc) is 3.55. The van der Waals surface area contributed by atoms with Gasteiger partial charge in [-0.1, -0.05) is 18.2 Å². The molecule has 0 unspecified atom stereocenters. The number of hydrogen-bond acceptors (Lipinski definition) is 6. The fourth-order valence-corrected chi connectivity index (χ4v) is 4.80. The van der Waals surface area contributed by atoms with Crippen molar-refractivity contribution in [2.24, 2.45) is 0 Å². The van der Waals surface area contributed by atoms with Gasteiger partial charge in [-0.3, -0.25) is 19.9 Å². The lowest BCUT2D eigenvalue weighted by atomic mass is 10.0. The van der Waals surface area contributed by atoms with Gasteiger partial charge >= 0.3 is 0 Å². The van der Waals surface area contributed by atoms with Crippen molar-refractivity contribution in [3.63, 3.8) is 0 Å². The normalized spacial score (nSPS) is 14.6. The van der Waals surface area contributed by atoms with Gasteiger partial charge in [-0.15, -0.1) is 0 Å². The van der Waals surface area contributed by atoms with Crippen LogP contribution in [0.2, 0.25) is 0 Å². The van der Waals surface area contributed by atoms with Crippen LogP contribution in [0.4, 0.5) is 0 Å². The molecule has 0 radical (unpaired) electrons. The largest absolute Gasteiger partial charge is 0.497 e. The lowest BCUT2D eigenvalue weighted by Crippen LogP contribution is -2.47. The highest BCUT2D eigenvalue weighted by atomic mass is 16.5. The summed E-state index contributed by atoms with van der Waals surface area (Å²) in [7, 11) is 1.68. The van der Waals surface area contributed by atoms with Crippen LogP contribution in [-0.2, 0) is 11.3 Å². The molecule has 2 N–H and O–H groups in total. The zero-order valence-electron chi connectivity index (χ0n) is 20.3. The number of hydrogen-bond donors (Lipinski definition) is 2. The van der Waals surface area contributed by atoms with Crippen molar-refractivity contribution in [1.29, 1.82) is 0 Å². The van der Waals surface area contributed by atoms with Crippen LogP contribution in [0.5, 0.6) is 5.75 Å². The first-order valence-electron chi connectivity index (χ1n) is 12.0. The van der Waals surface area contributed by atoms with Crippen molar-refractivity contribution in [2.45, 2.75) is 13.5 Å². The number of fused-ring (bicyclic) bond motifs is 2. The maximum absolute atomic E-state index is 11.6. The Morgan fingerprint density at radius 2 is 1.69 bits per heavy atom. The second-order valence-corrected chi connectivity index (χ2v) is 9.15. The summed E-state index contributed by atoms with van der Waals surface area (Å²) in [6.45, 7) is 5.46. The van der Waals surface area contributed by atoms with E-state index in [1.54, 1.807) is 14.0 Å². The summed E-state index contributed by atoms with van der Waals surface area (Å²) in [5.41, 5.74) is 3.82. The average molecular weight is 482 g/mol. The second kappa shape index (κ2) is 9.09. The highest BCUT2D eigenvalue weighted by molar-refractivity contribution is 5.97. The number of nitrogens with zero attached hydrogens (tertiary/aromatic N) is 5. The minimum absolute atomic E-state index is 0.134. The van der Waals surface area contributed by atoms with Gasteiger partial charge in [0.25, 0.3) is 0 Å². The number of nitrogens with one attached hydrogen (secondary N) is 2. The lowest BCUT2D eigenvalue weighted by Gasteiger charge is -2.33. The van der Waals surface area contributed by atoms with Crippen LogP contribution in [0.25, 0.3) is 44.3 Å². The number of amides is 1. The molecular formula is C27H27N7O2. The van der Waals surface area contributed by atoms with Crippen LogP contribution in [-0.4, -0.2) is 74.4 Å². The van der Waals surface area contributed by atoms with Gasteiger partial charge in [0.05, 0.1) is 24.9 Å². The third-order valence-electron chi connectivity index (χ3n) is 6.86. The van der Waals surface area contributed by atoms with E-state index in [-0.39, 0.29) is 5.91 Å². The first-order valence-corrected chi connectivity index (χ1v) is 12.0. The highest BCUT2D eigenvalue weighted by Crippen LogP contribution is 2.32. The maximum Gasteiger partial charge on any atom is 0.219 e. The van der Waals surface area contributed by atoms with Crippen molar-refractivity contribution in [3.05, 3.63) is 60.4 Å². The summed E-state index contributed by atoms with van der Waals surface area (Å²) in [4.78, 5) is 20.5. The van der Waals surface area contributed by atoms with Crippen molar-refractivity contribution in [3.8, 4) is 28.4 Å². The van der Waals surface area contributed by atoms with Crippen molar-refractivity contribution in [2.75, 3.05) is 33.3 Å². The Morgan fingerprint density at radius 3 is 2.50 bits per heavy atom. The maximum atomic E-state index is 11.6. The highest BCUT2D eigenvalue weighted by Gasteiger charge is 2.20. The number of rotatable bonds is 5. The molecule has 36 heavy (non-hydrogen) atoms. The Kier molecular flexibility index (Phi) is 5.61. The molecule has 3 aromatic carbocycles. The van der Waals surface area contributed by atoms with E-state index in [1.807, 2.05) is 29.2 Å². The van der Waals surface area contributed by atoms with Gasteiger partial charge in [-0.05, 0) is 47.2 Å². The summed E-state index contributed by atoms with van der Waals surface area (Å²) < 4.78 is 5.35. The van der Waals surface area contributed by atoms with E-state index in [1.165, 1.54) is 0 Å². The number of methoxy groups -OCH3 is 1. The monoisotopic (exact) mass is 481 g/mol. The number of benzene rings is 3. The number of carbonyl (C=O) groups excluding carboxylic acids is 1. The molecule has 2 aromatic heterocycles. The van der Waals surface area contributed by atoms with Crippen molar-refractivity contribution >= 4 is 27.6 Å². The molecule has 1 aliphatic rings. The summed E-state index contributed by atoms with van der Waals surface area (Å²) >= 11 is 0. The van der Waals surface area contributed by atoms with Crippen molar-refractivity contribution in [1.82, 2.24) is 35.2 Å². The number of ether oxygens (including phenoxy) is 1. The summed E-state index contributed by atoms with van der Waals surface area (Å²) in [5.74, 6) is 2.45. The second-order valence-electron chi connectivity index (χ2n) is 9.15. The molecule has 3 heterocycles. The van der Waals surface area contributed by atoms with Crippen LogP contribution >= 0.6 is 0 Å². The molecule has 182 valence electrons. The van der Waals surface area contributed by atoms with Crippen LogP contribution in [0.3, 0.4) is 0 Å². The van der Waals surface area contributed by atoms with Gasteiger partial charge in [0.1, 0.15) is 11.6 Å². The SMILES string of the molecule is COc1ccc2cc(-c3n[nH]c4ccc(-c5n[nH]c(CN6CCN(C(C)=O)CC6)n5)cc34)ccc2c1. The van der Waals surface area contributed by atoms with Crippen LogP contribution in [0.15, 0.2) is 54.6 Å². The summed E-state index contributed by atoms with van der Waals surface area (Å²) in [5, 5.41) is 18.6. The van der Waals surface area contributed by atoms with Gasteiger partial charge in [0.15, 0.2) is 5.82 Å². The third-order valence-corrected chi connectivity index (χ3v) is 6.86. The minimum Gasteiger partial charge on any atom is -0.497 e. The van der Waals surface area contributed by atoms with Gasteiger partial charge in [0, 0.05) is 49.6 Å². The number of piperazine rings is 1. The third kappa shape index (κ3) is 4.18. The fraction of sp³-hybridized carbons (Fsp3) is 0.259. The van der Waals surface area contributed by atoms with Crippen LogP contribution < -0.4 is 4.74 Å². The molecule has 6 rings (SSSR count). The molecule has 9 heteroatoms. The molecule has 0 saturated carbocycles. The minimum atomic E-state index is 0.134. The number of aromatic nitrogens is 5. The zero-order chi connectivity index (χ0) is 24.6. The lowest BCUT2D eigenvalue weighted by molar-refractivity contribution is -0.130. The van der Waals surface area contributed by atoms with Crippen LogP contribution in [0, 0.1) is 0 Å². The fourth-order valence-electron chi connectivity index (χ4n) is 4.80. The Hall–Kier alpha value is -4.24. The van der Waals surface area contributed by atoms with Gasteiger partial charge in [0.2, 0.25) is 5.91 Å². The Balaban J connectivity index is 1.25. The number of aromatic amines is 2. The molecule has 9 nitrogen and oxygen atoms in total. The Morgan fingerprint density at radius 1 is 0.917 bits per heavy atom. The molecular weight excluding hydrogens is 454 g/mol. The summed E-state index contributed by atoms with van der Waals surface area (Å²) in [6.07, 6.45) is 0. The zero-order valence-corrected chi connectivity index (χ0v) is 20.3. The predicted molar refractivity (Wildman–Crippen MR) is 138 cm³/mol. The van der Waals surface area contributed by atoms with E-state index < -0.39 is 0 Å². The molecule has 1 fully saturated rings. The van der Waals surface area contributed by atoms with Gasteiger partial charge in [-0.2, -0.15) is 10.2 Å². The topological polar surface area (TPSA) is 103 Å². The standard InChI is InChI=1S/C27H27N7O2/c1-17(35)34-11-9-33(10-12-34)16-25-28-27(32-30-25)21-6-8-24-23(15-21)26(31-29-24)20-4-3-19-14-22(36-2)7-5-18(19)13-20/h3-8,13-15H,9-12,16H2,1-2H3,(H,29,31)(H,28,30,32). The van der Waals surface area contributed by atoms with Gasteiger partial charge < -0.3 is 9.64 Å².